The summed E-state index contributed by atoms with van der Waals surface area (Å²) in [6.07, 6.45) is -0.0406. The van der Waals surface area contributed by atoms with Gasteiger partial charge in [0.05, 0.1) is 0 Å². The lowest BCUT2D eigenvalue weighted by atomic mass is 10.0. The van der Waals surface area contributed by atoms with E-state index in [2.05, 4.69) is 5.32 Å². The third kappa shape index (κ3) is 5.29. The number of hydrogen-bond donors (Lipinski definition) is 2. The van der Waals surface area contributed by atoms with Crippen molar-refractivity contribution in [2.75, 3.05) is 7.11 Å². The van der Waals surface area contributed by atoms with Gasteiger partial charge >= 0.3 is 0 Å². The fraction of sp³-hybridized carbons (Fsp3) is 0.438. The monoisotopic (exact) mass is 306 g/mol. The normalized spacial score (nSPS) is 13.2. The first-order chi connectivity index (χ1) is 10.5. The van der Waals surface area contributed by atoms with E-state index in [1.165, 1.54) is 7.11 Å². The summed E-state index contributed by atoms with van der Waals surface area (Å²) in [7, 11) is 1.41. The Hall–Kier alpha value is -2.21. The highest BCUT2D eigenvalue weighted by Gasteiger charge is 2.25. The minimum atomic E-state index is -0.885. The van der Waals surface area contributed by atoms with E-state index < -0.39 is 24.0 Å². The zero-order chi connectivity index (χ0) is 16.5. The van der Waals surface area contributed by atoms with E-state index in [0.29, 0.717) is 12.0 Å². The number of ketones is 1. The van der Waals surface area contributed by atoms with Gasteiger partial charge in [-0.25, -0.2) is 0 Å². The zero-order valence-electron chi connectivity index (χ0n) is 12.9. The van der Waals surface area contributed by atoms with Gasteiger partial charge in [0.2, 0.25) is 5.91 Å². The average molecular weight is 306 g/mol. The smallest absolute Gasteiger partial charge is 0.254 e. The molecule has 0 aromatic heterocycles. The molecule has 22 heavy (non-hydrogen) atoms. The van der Waals surface area contributed by atoms with Crippen LogP contribution in [0.1, 0.15) is 37.9 Å². The number of nitrogens with one attached hydrogen (secondary N) is 1. The first kappa shape index (κ1) is 17.8. The first-order valence-electron chi connectivity index (χ1n) is 7.18. The molecule has 0 fully saturated rings. The molecule has 0 unspecified atom stereocenters. The Balaban J connectivity index is 2.73. The Morgan fingerprint density at radius 2 is 1.86 bits per heavy atom. The number of primary amides is 1. The number of Topliss-reactive ketones (excluding diaryl/α,β-unsaturated/α-hetero) is 1. The maximum absolute atomic E-state index is 12.3. The molecule has 3 N–H and O–H groups in total. The number of ether oxygens (including phenoxy) is 1. The topological polar surface area (TPSA) is 98.5 Å². The molecule has 2 amide bonds. The number of hydrogen-bond acceptors (Lipinski definition) is 4. The van der Waals surface area contributed by atoms with E-state index in [4.69, 9.17) is 10.5 Å². The number of nitrogens with two attached hydrogens (primary N) is 1. The molecule has 0 saturated carbocycles. The molecule has 2 atom stereocenters. The standard InChI is InChI=1S/C16H22N2O4/c1-3-12(19)9-10-13(15(17)20)18-16(21)14(22-2)11-7-5-4-6-8-11/h4-8,13-14H,3,9-10H2,1-2H3,(H2,17,20)(H,18,21)/t13-,14-/m1/s1. The van der Waals surface area contributed by atoms with Gasteiger partial charge in [-0.05, 0) is 12.0 Å². The lowest BCUT2D eigenvalue weighted by Crippen LogP contribution is -2.46. The summed E-state index contributed by atoms with van der Waals surface area (Å²) in [6, 6.07) is 8.04. The minimum absolute atomic E-state index is 0.0202. The van der Waals surface area contributed by atoms with Gasteiger partial charge in [-0.1, -0.05) is 37.3 Å². The molecule has 0 spiro atoms. The highest BCUT2D eigenvalue weighted by molar-refractivity contribution is 5.89. The number of methoxy groups -OCH3 is 1. The molecular weight excluding hydrogens is 284 g/mol. The van der Waals surface area contributed by atoms with Crippen molar-refractivity contribution >= 4 is 17.6 Å². The third-order valence-corrected chi connectivity index (χ3v) is 3.34. The molecule has 0 heterocycles. The van der Waals surface area contributed by atoms with Crippen molar-refractivity contribution in [3.05, 3.63) is 35.9 Å². The van der Waals surface area contributed by atoms with Crippen molar-refractivity contribution in [1.82, 2.24) is 5.32 Å². The highest BCUT2D eigenvalue weighted by atomic mass is 16.5. The van der Waals surface area contributed by atoms with Gasteiger partial charge in [0.15, 0.2) is 6.10 Å². The molecule has 1 rings (SSSR count). The van der Waals surface area contributed by atoms with Gasteiger partial charge in [-0.2, -0.15) is 0 Å². The van der Waals surface area contributed by atoms with Crippen LogP contribution < -0.4 is 11.1 Å². The Labute approximate surface area is 130 Å². The van der Waals surface area contributed by atoms with Crippen LogP contribution in [0.5, 0.6) is 0 Å². The second-order valence-corrected chi connectivity index (χ2v) is 4.92. The zero-order valence-corrected chi connectivity index (χ0v) is 12.9. The summed E-state index contributed by atoms with van der Waals surface area (Å²) in [6.45, 7) is 1.75. The van der Waals surface area contributed by atoms with Gasteiger partial charge in [0.25, 0.3) is 5.91 Å². The van der Waals surface area contributed by atoms with Crippen molar-refractivity contribution in [2.45, 2.75) is 38.3 Å². The summed E-state index contributed by atoms with van der Waals surface area (Å²) >= 11 is 0. The second kappa shape index (κ2) is 8.94. The van der Waals surface area contributed by atoms with Crippen LogP contribution in [0, 0.1) is 0 Å². The van der Waals surface area contributed by atoms with Crippen molar-refractivity contribution in [3.63, 3.8) is 0 Å². The Kier molecular flexibility index (Phi) is 7.25. The predicted molar refractivity (Wildman–Crippen MR) is 81.8 cm³/mol. The molecule has 0 saturated heterocycles. The van der Waals surface area contributed by atoms with Gasteiger partial charge in [-0.15, -0.1) is 0 Å². The van der Waals surface area contributed by atoms with Gasteiger partial charge in [-0.3, -0.25) is 14.4 Å². The fourth-order valence-electron chi connectivity index (χ4n) is 2.04. The van der Waals surface area contributed by atoms with Crippen molar-refractivity contribution in [1.29, 1.82) is 0 Å². The van der Waals surface area contributed by atoms with E-state index >= 15 is 0 Å². The Morgan fingerprint density at radius 3 is 2.36 bits per heavy atom. The van der Waals surface area contributed by atoms with E-state index in [1.54, 1.807) is 31.2 Å². The van der Waals surface area contributed by atoms with Crippen LogP contribution >= 0.6 is 0 Å². The van der Waals surface area contributed by atoms with Crippen molar-refractivity contribution < 1.29 is 19.1 Å². The molecule has 0 aliphatic rings. The quantitative estimate of drug-likeness (QED) is 0.713. The molecule has 120 valence electrons. The Morgan fingerprint density at radius 1 is 1.23 bits per heavy atom. The van der Waals surface area contributed by atoms with Crippen LogP contribution in [-0.4, -0.2) is 30.7 Å². The summed E-state index contributed by atoms with van der Waals surface area (Å²) in [5.41, 5.74) is 5.96. The summed E-state index contributed by atoms with van der Waals surface area (Å²) in [5.74, 6) is -1.10. The van der Waals surface area contributed by atoms with Gasteiger partial charge in [0.1, 0.15) is 11.8 Å². The average Bonchev–Trinajstić information content (AvgIpc) is 2.52. The van der Waals surface area contributed by atoms with Gasteiger partial charge < -0.3 is 15.8 Å². The maximum Gasteiger partial charge on any atom is 0.254 e. The first-order valence-corrected chi connectivity index (χ1v) is 7.18. The van der Waals surface area contributed by atoms with Gasteiger partial charge in [0, 0.05) is 20.0 Å². The lowest BCUT2D eigenvalue weighted by Gasteiger charge is -2.20. The highest BCUT2D eigenvalue weighted by Crippen LogP contribution is 2.16. The largest absolute Gasteiger partial charge is 0.368 e. The number of benzene rings is 1. The molecule has 1 aromatic rings. The predicted octanol–water partition coefficient (Wildman–Crippen LogP) is 1.10. The van der Waals surface area contributed by atoms with E-state index in [-0.39, 0.29) is 18.6 Å². The van der Waals surface area contributed by atoms with Crippen molar-refractivity contribution in [2.24, 2.45) is 5.73 Å². The molecule has 1 aromatic carbocycles. The van der Waals surface area contributed by atoms with Crippen LogP contribution in [0.2, 0.25) is 0 Å². The minimum Gasteiger partial charge on any atom is -0.368 e. The Bertz CT molecular complexity index is 516. The molecule has 0 aliphatic carbocycles. The maximum atomic E-state index is 12.3. The molecule has 6 nitrogen and oxygen atoms in total. The van der Waals surface area contributed by atoms with Crippen LogP contribution in [0.25, 0.3) is 0 Å². The fourth-order valence-corrected chi connectivity index (χ4v) is 2.04. The molecule has 0 aliphatic heterocycles. The second-order valence-electron chi connectivity index (χ2n) is 4.92. The number of carbonyl (C=O) groups is 3. The molecule has 0 radical (unpaired) electrons. The van der Waals surface area contributed by atoms with E-state index in [9.17, 15) is 14.4 Å². The van der Waals surface area contributed by atoms with Crippen LogP contribution in [0.3, 0.4) is 0 Å². The summed E-state index contributed by atoms with van der Waals surface area (Å²) < 4.78 is 5.19. The van der Waals surface area contributed by atoms with E-state index in [1.807, 2.05) is 6.07 Å². The number of carbonyl (C=O) groups excluding carboxylic acids is 3. The van der Waals surface area contributed by atoms with Crippen LogP contribution in [0.4, 0.5) is 0 Å². The molecule has 6 heteroatoms. The van der Waals surface area contributed by atoms with E-state index in [0.717, 1.165) is 0 Å². The molecule has 0 bridgehead atoms. The number of rotatable bonds is 9. The number of amides is 2. The SMILES string of the molecule is CCC(=O)CC[C@@H](NC(=O)[C@H](OC)c1ccccc1)C(N)=O. The van der Waals surface area contributed by atoms with Crippen LogP contribution in [0.15, 0.2) is 30.3 Å². The van der Waals surface area contributed by atoms with Crippen LogP contribution in [-0.2, 0) is 19.1 Å². The van der Waals surface area contributed by atoms with Crippen molar-refractivity contribution in [3.8, 4) is 0 Å². The summed E-state index contributed by atoms with van der Waals surface area (Å²) in [4.78, 5) is 35.1. The third-order valence-electron chi connectivity index (χ3n) is 3.34. The summed E-state index contributed by atoms with van der Waals surface area (Å²) in [5, 5.41) is 2.55. The lowest BCUT2D eigenvalue weighted by molar-refractivity contribution is -0.135. The molecular formula is C16H22N2O4.